The summed E-state index contributed by atoms with van der Waals surface area (Å²) in [6.07, 6.45) is 5.94. The van der Waals surface area contributed by atoms with Crippen LogP contribution in [0.15, 0.2) is 225 Å². The Morgan fingerprint density at radius 1 is 0.300 bits per heavy atom. The molecule has 0 atom stereocenters. The van der Waals surface area contributed by atoms with Crippen LogP contribution in [0.2, 0.25) is 30.1 Å². The van der Waals surface area contributed by atoms with Crippen LogP contribution in [0.4, 0.5) is 116 Å². The minimum absolute atomic E-state index is 0.194. The van der Waals surface area contributed by atoms with Crippen molar-refractivity contribution in [3.05, 3.63) is 278 Å². The molecule has 140 heavy (non-hydrogen) atoms. The van der Waals surface area contributed by atoms with Gasteiger partial charge in [-0.05, 0) is 180 Å². The number of hydrogen-bond donors (Lipinski definition) is 12. The van der Waals surface area contributed by atoms with E-state index < -0.39 is 0 Å². The monoisotopic (exact) mass is 2010 g/mol. The van der Waals surface area contributed by atoms with Crippen molar-refractivity contribution in [3.8, 4) is 29.0 Å². The number of nitrogens with one attached hydrogen (secondary N) is 8. The molecule has 0 radical (unpaired) electrons. The fourth-order valence-electron chi connectivity index (χ4n) is 14.8. The third kappa shape index (κ3) is 26.4. The number of nitrogens with two attached hydrogens (primary N) is 4. The number of benzene rings is 8. The van der Waals surface area contributed by atoms with Crippen molar-refractivity contribution in [2.45, 2.75) is 26.2 Å². The Morgan fingerprint density at radius 3 is 1.03 bits per heavy atom. The summed E-state index contributed by atoms with van der Waals surface area (Å²) in [4.78, 5) is 60.9. The van der Waals surface area contributed by atoms with Crippen LogP contribution in [0.5, 0.6) is 5.75 Å². The van der Waals surface area contributed by atoms with E-state index in [1.54, 1.807) is 74.0 Å². The van der Waals surface area contributed by atoms with Crippen LogP contribution < -0.4 is 89.8 Å². The summed E-state index contributed by atoms with van der Waals surface area (Å²) in [5, 5.41) is 46.9. The fraction of sp³-hybridized carbons (Fsp3) is 0.226. The number of rotatable bonds is 29. The summed E-state index contributed by atoms with van der Waals surface area (Å²) in [5.74, 6) is 7.28. The topological polar surface area (TPSA) is 485 Å². The Kier molecular flexibility index (Phi) is 32.2. The molecule has 4 aliphatic heterocycles. The minimum atomic E-state index is 0.194. The number of hydrogen-bond acceptors (Lipinski definition) is 37. The van der Waals surface area contributed by atoms with Crippen LogP contribution >= 0.6 is 69.6 Å². The van der Waals surface area contributed by atoms with Gasteiger partial charge in [-0.3, -0.25) is 0 Å². The molecule has 4 aliphatic rings. The van der Waals surface area contributed by atoms with Gasteiger partial charge in [0.2, 0.25) is 53.5 Å². The van der Waals surface area contributed by atoms with E-state index in [1.165, 1.54) is 37.7 Å². The van der Waals surface area contributed by atoms with Crippen molar-refractivity contribution in [2.24, 2.45) is 0 Å². The van der Waals surface area contributed by atoms with Gasteiger partial charge in [0.05, 0.1) is 70.0 Å². The average Bonchev–Trinajstić information content (AvgIpc) is 1.68. The van der Waals surface area contributed by atoms with Gasteiger partial charge in [-0.2, -0.15) is 43.6 Å². The van der Waals surface area contributed by atoms with E-state index in [2.05, 4.69) is 191 Å². The molecule has 8 aromatic carbocycles. The first kappa shape index (κ1) is 96.5. The molecule has 41 nitrogen and oxygen atoms in total. The van der Waals surface area contributed by atoms with Crippen LogP contribution in [0.25, 0.3) is 23.3 Å². The van der Waals surface area contributed by atoms with E-state index in [0.717, 1.165) is 179 Å². The minimum Gasteiger partial charge on any atom is -0.497 e. The second kappa shape index (κ2) is 46.8. The maximum absolute atomic E-state index is 6.24. The predicted molar refractivity (Wildman–Crippen MR) is 548 cm³/mol. The molecule has 20 rings (SSSR count). The first-order valence-corrected chi connectivity index (χ1v) is 46.5. The van der Waals surface area contributed by atoms with Gasteiger partial charge in [0.25, 0.3) is 0 Å². The van der Waals surface area contributed by atoms with Gasteiger partial charge in [-0.15, -0.1) is 20.4 Å². The lowest BCUT2D eigenvalue weighted by Gasteiger charge is -2.28. The molecule has 0 unspecified atom stereocenters. The van der Waals surface area contributed by atoms with Crippen LogP contribution in [0.1, 0.15) is 22.3 Å². The Bertz CT molecular complexity index is 6770. The lowest BCUT2D eigenvalue weighted by atomic mass is 10.2. The smallest absolute Gasteiger partial charge is 0.248 e. The van der Waals surface area contributed by atoms with Gasteiger partial charge in [-0.25, -0.2) is 34.9 Å². The van der Waals surface area contributed by atoms with E-state index in [0.29, 0.717) is 127 Å². The van der Waals surface area contributed by atoms with Crippen LogP contribution in [-0.2, 0) is 45.1 Å². The first-order chi connectivity index (χ1) is 68.3. The van der Waals surface area contributed by atoms with Crippen LogP contribution in [0, 0.1) is 0 Å². The number of ether oxygens (including phenoxy) is 5. The number of halogens is 6. The van der Waals surface area contributed by atoms with E-state index in [-0.39, 0.29) is 23.8 Å². The third-order valence-electron chi connectivity index (χ3n) is 21.9. The Labute approximate surface area is 833 Å². The van der Waals surface area contributed by atoms with E-state index in [9.17, 15) is 0 Å². The third-order valence-corrected chi connectivity index (χ3v) is 23.7. The summed E-state index contributed by atoms with van der Waals surface area (Å²) in [7, 11) is 1.64. The zero-order valence-corrected chi connectivity index (χ0v) is 79.9. The number of aromatic nitrogens is 20. The highest BCUT2D eigenvalue weighted by Gasteiger charge is 2.22. The second-order valence-electron chi connectivity index (χ2n) is 31.5. The van der Waals surface area contributed by atoms with Crippen molar-refractivity contribution in [2.75, 3.05) is 197 Å². The summed E-state index contributed by atoms with van der Waals surface area (Å²) < 4.78 is 32.7. The van der Waals surface area contributed by atoms with Gasteiger partial charge < -0.3 is 109 Å². The predicted octanol–water partition coefficient (Wildman–Crippen LogP) is 15.3. The Balaban J connectivity index is 0.000000129. The Morgan fingerprint density at radius 2 is 0.650 bits per heavy atom. The number of morpholine rings is 4. The lowest BCUT2D eigenvalue weighted by molar-refractivity contribution is 0.122. The lowest BCUT2D eigenvalue weighted by Crippen LogP contribution is -2.36. The van der Waals surface area contributed by atoms with Crippen molar-refractivity contribution in [1.29, 1.82) is 0 Å². The zero-order valence-electron chi connectivity index (χ0n) is 75.4. The molecule has 16 aromatic rings. The highest BCUT2D eigenvalue weighted by atomic mass is 35.5. The molecule has 8 aromatic heterocycles. The standard InChI is InChI=1S/C24H27N9O2.3C23H23Cl2N9O/c1-34-20-8-2-17(3-9-20)16-27-23-26-11-10-21(29-23)33-22(25)30-24(31-33)28-18-4-6-19(7-5-18)32-12-14-35-15-13-32;24-16-1-6-19(25)15(11-16)13-27-20-12-21(29-14-28-20)34-22(26)31-23(32-34)30-17-2-4-18(5-3-17)33-7-9-35-10-8-33;24-18-6-1-15(11-19(18)25)13-27-20-12-21(29-14-28-20)34-22(26)31-23(32-34)30-16-2-4-17(5-3-16)33-7-9-35-10-8-33;24-16-9-15(10-17(25)11-16)13-27-20-12-21(29-14-28-20)34-22(26)31-23(32-34)30-18-1-3-19(4-2-18)33-5-7-35-8-6-33/h2-11H,12-16H2,1H3,(H,26,27,29)(H3,25,28,30,31);2*1-6,11-12,14H,7-10,13H2,(H,27,28,29)(H3,26,30,31,32);1-4,9-12,14H,5-8,13H2,(H,27,28,29)(H3,26,30,31,32). The molecule has 12 heterocycles. The molecular formula is C93H96Cl6N36O5. The molecule has 0 saturated carbocycles. The van der Waals surface area contributed by atoms with Crippen molar-refractivity contribution in [1.82, 2.24) is 98.9 Å². The van der Waals surface area contributed by atoms with Crippen molar-refractivity contribution >= 4 is 186 Å². The summed E-state index contributed by atoms with van der Waals surface area (Å²) in [5.41, 5.74) is 36.3. The maximum Gasteiger partial charge on any atom is 0.248 e. The SMILES string of the molecule is COc1ccc(CNc2nccc(-n3nc(Nc4ccc(N5CCOCC5)cc4)nc3N)n2)cc1.Nc1nc(Nc2ccc(N3CCOCC3)cc2)nn1-c1cc(NCc2cc(Cl)cc(Cl)c2)ncn1.Nc1nc(Nc2ccc(N3CCOCC3)cc2)nn1-c1cc(NCc2cc(Cl)ccc2Cl)ncn1.Nc1nc(Nc2ccc(N3CCOCC3)cc2)nn1-c1cc(NCc2ccc(Cl)c(Cl)c2)ncn1. The summed E-state index contributed by atoms with van der Waals surface area (Å²) >= 11 is 36.5. The summed E-state index contributed by atoms with van der Waals surface area (Å²) in [6, 6.07) is 63.2. The first-order valence-electron chi connectivity index (χ1n) is 44.2. The van der Waals surface area contributed by atoms with E-state index in [4.69, 9.17) is 116 Å². The summed E-state index contributed by atoms with van der Waals surface area (Å²) in [6.45, 7) is 15.1. The molecule has 0 bridgehead atoms. The second-order valence-corrected chi connectivity index (χ2v) is 34.0. The van der Waals surface area contributed by atoms with Crippen molar-refractivity contribution in [3.63, 3.8) is 0 Å². The van der Waals surface area contributed by atoms with Gasteiger partial charge in [0.15, 0.2) is 23.3 Å². The quantitative estimate of drug-likeness (QED) is 0.0207. The molecule has 0 aliphatic carbocycles. The molecular weight excluding hydrogens is 1910 g/mol. The number of nitrogen functional groups attached to an aromatic ring is 4. The molecule has 0 spiro atoms. The van der Waals surface area contributed by atoms with Crippen LogP contribution in [-0.4, -0.2) is 211 Å². The van der Waals surface area contributed by atoms with E-state index in [1.807, 2.05) is 91.0 Å². The highest BCUT2D eigenvalue weighted by Crippen LogP contribution is 2.32. The van der Waals surface area contributed by atoms with Crippen molar-refractivity contribution < 1.29 is 23.7 Å². The molecule has 4 saturated heterocycles. The van der Waals surface area contributed by atoms with Gasteiger partial charge >= 0.3 is 0 Å². The molecule has 720 valence electrons. The highest BCUT2D eigenvalue weighted by molar-refractivity contribution is 6.42. The average molecular weight is 2010 g/mol. The number of anilines is 20. The van der Waals surface area contributed by atoms with Crippen LogP contribution in [0.3, 0.4) is 0 Å². The zero-order chi connectivity index (χ0) is 96.6. The molecule has 16 N–H and O–H groups in total. The number of methoxy groups -OCH3 is 1. The molecule has 47 heteroatoms. The fourth-order valence-corrected chi connectivity index (χ4v) is 16.0. The van der Waals surface area contributed by atoms with Gasteiger partial charge in [0.1, 0.15) is 42.2 Å². The van der Waals surface area contributed by atoms with Gasteiger partial charge in [0, 0.05) is 175 Å². The molecule has 0 amide bonds. The molecule has 4 fully saturated rings. The normalized spacial score (nSPS) is 13.6. The van der Waals surface area contributed by atoms with Gasteiger partial charge in [-0.1, -0.05) is 87.8 Å². The maximum atomic E-state index is 6.24. The Hall–Kier alpha value is -15.2. The largest absolute Gasteiger partial charge is 0.497 e. The van der Waals surface area contributed by atoms with E-state index >= 15 is 0 Å². The number of nitrogens with zero attached hydrogens (tertiary/aromatic N) is 24.